The van der Waals surface area contributed by atoms with Gasteiger partial charge in [0.2, 0.25) is 0 Å². The molecule has 0 aromatic heterocycles. The van der Waals surface area contributed by atoms with E-state index in [9.17, 15) is 4.79 Å². The van der Waals surface area contributed by atoms with Gasteiger partial charge in [0.1, 0.15) is 6.10 Å². The number of thioether (sulfide) groups is 1. The Kier molecular flexibility index (Phi) is 2.16. The van der Waals surface area contributed by atoms with Crippen molar-refractivity contribution in [1.29, 1.82) is 0 Å². The Morgan fingerprint density at radius 2 is 2.70 bits per heavy atom. The number of hydrogen-bond acceptors (Lipinski definition) is 3. The van der Waals surface area contributed by atoms with Crippen LogP contribution in [0.5, 0.6) is 0 Å². The topological polar surface area (TPSA) is 64.7 Å². The van der Waals surface area contributed by atoms with Gasteiger partial charge >= 0.3 is 6.03 Å². The molecule has 4 nitrogen and oxygen atoms in total. The molecule has 0 bridgehead atoms. The number of aliphatic imine (C=N–C) groups is 1. The summed E-state index contributed by atoms with van der Waals surface area (Å²) in [6.45, 7) is 1.91. The highest BCUT2D eigenvalue weighted by molar-refractivity contribution is 8.13. The van der Waals surface area contributed by atoms with E-state index in [1.165, 1.54) is 11.8 Å². The molecule has 1 rings (SSSR count). The Morgan fingerprint density at radius 1 is 2.00 bits per heavy atom. The smallest absolute Gasteiger partial charge is 0.342 e. The zero-order chi connectivity index (χ0) is 7.56. The molecule has 0 saturated carbocycles. The Labute approximate surface area is 62.8 Å². The molecule has 0 aromatic rings. The van der Waals surface area contributed by atoms with Gasteiger partial charge < -0.3 is 10.5 Å². The van der Waals surface area contributed by atoms with Crippen LogP contribution in [-0.4, -0.2) is 23.1 Å². The summed E-state index contributed by atoms with van der Waals surface area (Å²) in [6.07, 6.45) is 0.142. The molecule has 2 N–H and O–H groups in total. The van der Waals surface area contributed by atoms with Crippen molar-refractivity contribution >= 4 is 23.0 Å². The second-order valence-corrected chi connectivity index (χ2v) is 2.93. The van der Waals surface area contributed by atoms with Gasteiger partial charge in [-0.2, -0.15) is 4.99 Å². The highest BCUT2D eigenvalue weighted by Gasteiger charge is 2.18. The van der Waals surface area contributed by atoms with Crippen LogP contribution in [0.15, 0.2) is 4.99 Å². The summed E-state index contributed by atoms with van der Waals surface area (Å²) in [6, 6.07) is -0.698. The fourth-order valence-electron chi connectivity index (χ4n) is 0.577. The molecule has 0 aliphatic carbocycles. The third-order valence-electron chi connectivity index (χ3n) is 0.945. The zero-order valence-corrected chi connectivity index (χ0v) is 6.35. The molecule has 1 aliphatic heterocycles. The van der Waals surface area contributed by atoms with Crippen molar-refractivity contribution in [2.24, 2.45) is 10.7 Å². The Morgan fingerprint density at radius 3 is 3.10 bits per heavy atom. The third-order valence-corrected chi connectivity index (χ3v) is 2.02. The molecule has 5 heteroatoms. The lowest BCUT2D eigenvalue weighted by atomic mass is 10.5. The number of primary amides is 1. The Balaban J connectivity index is 2.51. The molecule has 0 radical (unpaired) electrons. The minimum absolute atomic E-state index is 0.142. The van der Waals surface area contributed by atoms with Gasteiger partial charge in [0.05, 0.1) is 0 Å². The summed E-state index contributed by atoms with van der Waals surface area (Å²) in [5, 5.41) is 0.389. The number of hydrogen-bond donors (Lipinski definition) is 1. The Bertz CT molecular complexity index is 180. The zero-order valence-electron chi connectivity index (χ0n) is 5.53. The molecule has 1 unspecified atom stereocenters. The maximum Gasteiger partial charge on any atom is 0.342 e. The SMILES string of the molecule is CC1CS/C(=N\C(N)=O)O1. The van der Waals surface area contributed by atoms with Crippen molar-refractivity contribution < 1.29 is 9.53 Å². The molecular weight excluding hydrogens is 152 g/mol. The van der Waals surface area contributed by atoms with Gasteiger partial charge in [-0.15, -0.1) is 0 Å². The average Bonchev–Trinajstić information content (AvgIpc) is 2.13. The fraction of sp³-hybridized carbons (Fsp3) is 0.600. The molecule has 1 heterocycles. The summed E-state index contributed by atoms with van der Waals surface area (Å²) in [5.74, 6) is 0.839. The standard InChI is InChI=1S/C5H8N2O2S/c1-3-2-10-5(9-3)7-4(6)8/h3H,2H2,1H3,(H2,6,8)/b7-5-. The summed E-state index contributed by atoms with van der Waals surface area (Å²) >= 11 is 1.41. The van der Waals surface area contributed by atoms with Crippen LogP contribution in [0.4, 0.5) is 4.79 Å². The van der Waals surface area contributed by atoms with Gasteiger partial charge in [-0.25, -0.2) is 4.79 Å². The number of carbonyl (C=O) groups is 1. The van der Waals surface area contributed by atoms with Crippen LogP contribution in [0.3, 0.4) is 0 Å². The lowest BCUT2D eigenvalue weighted by Gasteiger charge is -1.97. The molecule has 1 saturated heterocycles. The number of amides is 2. The van der Waals surface area contributed by atoms with Crippen LogP contribution in [0.25, 0.3) is 0 Å². The quantitative estimate of drug-likeness (QED) is 0.563. The number of nitrogens with two attached hydrogens (primary N) is 1. The van der Waals surface area contributed by atoms with Crippen LogP contribution in [-0.2, 0) is 4.74 Å². The minimum Gasteiger partial charge on any atom is -0.469 e. The fourth-order valence-corrected chi connectivity index (χ4v) is 1.41. The van der Waals surface area contributed by atoms with Gasteiger partial charge in [0, 0.05) is 5.75 Å². The normalized spacial score (nSPS) is 28.5. The first-order valence-electron chi connectivity index (χ1n) is 2.86. The van der Waals surface area contributed by atoms with E-state index in [2.05, 4.69) is 4.99 Å². The molecule has 0 spiro atoms. The van der Waals surface area contributed by atoms with E-state index in [-0.39, 0.29) is 6.10 Å². The summed E-state index contributed by atoms with van der Waals surface area (Å²) in [5.41, 5.74) is 4.80. The molecule has 1 aliphatic rings. The maximum absolute atomic E-state index is 10.2. The predicted molar refractivity (Wildman–Crippen MR) is 40.0 cm³/mol. The Hall–Kier alpha value is -0.710. The lowest BCUT2D eigenvalue weighted by molar-refractivity contribution is 0.244. The second kappa shape index (κ2) is 2.92. The van der Waals surface area contributed by atoms with Gasteiger partial charge in [-0.1, -0.05) is 11.8 Å². The average molecular weight is 160 g/mol. The number of ether oxygens (including phenoxy) is 1. The van der Waals surface area contributed by atoms with Crippen molar-refractivity contribution in [3.8, 4) is 0 Å². The van der Waals surface area contributed by atoms with E-state index in [0.29, 0.717) is 5.23 Å². The first-order chi connectivity index (χ1) is 4.68. The maximum atomic E-state index is 10.2. The molecule has 1 fully saturated rings. The van der Waals surface area contributed by atoms with Crippen molar-refractivity contribution in [2.75, 3.05) is 5.75 Å². The molecular formula is C5H8N2O2S. The summed E-state index contributed by atoms with van der Waals surface area (Å²) in [4.78, 5) is 13.6. The molecule has 56 valence electrons. The summed E-state index contributed by atoms with van der Waals surface area (Å²) in [7, 11) is 0. The van der Waals surface area contributed by atoms with Crippen molar-refractivity contribution in [3.05, 3.63) is 0 Å². The number of nitrogens with zero attached hydrogens (tertiary/aromatic N) is 1. The van der Waals surface area contributed by atoms with Crippen LogP contribution in [0.2, 0.25) is 0 Å². The van der Waals surface area contributed by atoms with Gasteiger partial charge in [0.25, 0.3) is 5.23 Å². The van der Waals surface area contributed by atoms with Crippen molar-refractivity contribution in [2.45, 2.75) is 13.0 Å². The van der Waals surface area contributed by atoms with E-state index in [1.54, 1.807) is 0 Å². The summed E-state index contributed by atoms with van der Waals surface area (Å²) < 4.78 is 5.08. The van der Waals surface area contributed by atoms with Gasteiger partial charge in [-0.3, -0.25) is 0 Å². The lowest BCUT2D eigenvalue weighted by Crippen LogP contribution is -2.09. The first kappa shape index (κ1) is 7.40. The molecule has 2 amide bonds. The number of rotatable bonds is 0. The van der Waals surface area contributed by atoms with Crippen LogP contribution < -0.4 is 5.73 Å². The van der Waals surface area contributed by atoms with E-state index >= 15 is 0 Å². The van der Waals surface area contributed by atoms with Crippen LogP contribution in [0.1, 0.15) is 6.92 Å². The van der Waals surface area contributed by atoms with E-state index < -0.39 is 6.03 Å². The van der Waals surface area contributed by atoms with E-state index in [4.69, 9.17) is 10.5 Å². The molecule has 10 heavy (non-hydrogen) atoms. The van der Waals surface area contributed by atoms with Gasteiger partial charge in [-0.05, 0) is 6.92 Å². The van der Waals surface area contributed by atoms with Crippen LogP contribution >= 0.6 is 11.8 Å². The van der Waals surface area contributed by atoms with E-state index in [1.807, 2.05) is 6.92 Å². The largest absolute Gasteiger partial charge is 0.469 e. The van der Waals surface area contributed by atoms with E-state index in [0.717, 1.165) is 5.75 Å². The predicted octanol–water partition coefficient (Wildman–Crippen LogP) is 0.573. The first-order valence-corrected chi connectivity index (χ1v) is 3.84. The number of urea groups is 1. The van der Waals surface area contributed by atoms with Crippen LogP contribution in [0, 0.1) is 0 Å². The third kappa shape index (κ3) is 1.91. The molecule has 0 aromatic carbocycles. The number of carbonyl (C=O) groups excluding carboxylic acids is 1. The monoisotopic (exact) mass is 160 g/mol. The van der Waals surface area contributed by atoms with Gasteiger partial charge in [0.15, 0.2) is 0 Å². The highest BCUT2D eigenvalue weighted by Crippen LogP contribution is 2.18. The highest BCUT2D eigenvalue weighted by atomic mass is 32.2. The van der Waals surface area contributed by atoms with Crippen molar-refractivity contribution in [1.82, 2.24) is 0 Å². The second-order valence-electron chi connectivity index (χ2n) is 1.96. The minimum atomic E-state index is -0.698. The van der Waals surface area contributed by atoms with Crippen molar-refractivity contribution in [3.63, 3.8) is 0 Å². The molecule has 1 atom stereocenters.